The van der Waals surface area contributed by atoms with E-state index in [0.29, 0.717) is 11.3 Å². The van der Waals surface area contributed by atoms with Crippen LogP contribution in [0.2, 0.25) is 0 Å². The van der Waals surface area contributed by atoms with Gasteiger partial charge in [0.2, 0.25) is 0 Å². The number of nitrogens with one attached hydrogen (secondary N) is 1. The van der Waals surface area contributed by atoms with Crippen LogP contribution in [-0.4, -0.2) is 63.9 Å². The third kappa shape index (κ3) is 11.7. The molecule has 2 rings (SSSR count). The summed E-state index contributed by atoms with van der Waals surface area (Å²) in [4.78, 5) is 18.7. The van der Waals surface area contributed by atoms with E-state index < -0.39 is 34.8 Å². The molecule has 212 valence electrons. The lowest BCUT2D eigenvalue weighted by Gasteiger charge is -2.15. The highest BCUT2D eigenvalue weighted by Gasteiger charge is 2.39. The maximum atomic E-state index is 13.0. The molecule has 0 aliphatic heterocycles. The van der Waals surface area contributed by atoms with Crippen molar-refractivity contribution in [1.82, 2.24) is 14.8 Å². The van der Waals surface area contributed by atoms with Gasteiger partial charge in [0.1, 0.15) is 19.3 Å². The predicted molar refractivity (Wildman–Crippen MR) is 156 cm³/mol. The Balaban J connectivity index is 0.000000508. The average Bonchev–Trinajstić information content (AvgIpc) is 3.15. The van der Waals surface area contributed by atoms with Crippen molar-refractivity contribution < 1.29 is 35.9 Å². The van der Waals surface area contributed by atoms with Crippen molar-refractivity contribution in [2.45, 2.75) is 19.5 Å². The number of aromatic nitrogens is 1. The number of nitrogens with zero attached hydrogens (tertiary/aromatic N) is 3. The zero-order valence-electron chi connectivity index (χ0n) is 19.9. The molecule has 1 amide bonds. The van der Waals surface area contributed by atoms with E-state index in [1.165, 1.54) is 28.5 Å². The van der Waals surface area contributed by atoms with Crippen LogP contribution in [-0.2, 0) is 6.18 Å². The van der Waals surface area contributed by atoms with Gasteiger partial charge < -0.3 is 19.9 Å². The number of anilines is 1. The number of halogens is 8. The number of alkyl halides is 6. The minimum Gasteiger partial charge on any atom is -0.406 e. The van der Waals surface area contributed by atoms with Gasteiger partial charge in [-0.25, -0.2) is 4.98 Å². The van der Waals surface area contributed by atoms with E-state index in [1.54, 1.807) is 0 Å². The first-order valence-corrected chi connectivity index (χ1v) is 15.0. The van der Waals surface area contributed by atoms with Gasteiger partial charge in [-0.05, 0) is 72.5 Å². The number of amides is 1. The first-order valence-electron chi connectivity index (χ1n) is 9.60. The van der Waals surface area contributed by atoms with Crippen LogP contribution in [0.3, 0.4) is 0 Å². The highest BCUT2D eigenvalue weighted by atomic mass is 79.9. The monoisotopic (exact) mass is 766 g/mol. The molecule has 1 aromatic heterocycles. The third-order valence-electron chi connectivity index (χ3n) is 3.61. The van der Waals surface area contributed by atoms with E-state index in [1.807, 2.05) is 38.0 Å². The van der Waals surface area contributed by atoms with E-state index in [2.05, 4.69) is 46.9 Å². The van der Waals surface area contributed by atoms with Crippen LogP contribution in [0.5, 0.6) is 5.75 Å². The Morgan fingerprint density at radius 1 is 1.00 bits per heavy atom. The summed E-state index contributed by atoms with van der Waals surface area (Å²) in [5, 5.41) is 2.25. The van der Waals surface area contributed by atoms with Crippen LogP contribution in [0.15, 0.2) is 21.1 Å². The van der Waals surface area contributed by atoms with Gasteiger partial charge >= 0.3 is 12.5 Å². The molecule has 0 bridgehead atoms. The largest absolute Gasteiger partial charge is 0.573 e. The maximum absolute atomic E-state index is 13.0. The fourth-order valence-corrected chi connectivity index (χ4v) is 6.58. The van der Waals surface area contributed by atoms with Crippen LogP contribution in [0.4, 0.5) is 32.0 Å². The molecule has 0 aliphatic rings. The molecule has 0 fully saturated rings. The summed E-state index contributed by atoms with van der Waals surface area (Å²) < 4.78 is 81.0. The second kappa shape index (κ2) is 14.7. The Bertz CT molecular complexity index is 1130. The summed E-state index contributed by atoms with van der Waals surface area (Å²) in [6, 6.07) is 1.83. The Hall–Kier alpha value is -0.860. The molecule has 1 N–H and O–H groups in total. The van der Waals surface area contributed by atoms with Crippen LogP contribution in [0.1, 0.15) is 20.4 Å². The number of thiocarbonyl (C=S) groups is 2. The molecule has 6 nitrogen and oxygen atoms in total. The van der Waals surface area contributed by atoms with Crippen molar-refractivity contribution in [2.24, 2.45) is 0 Å². The first-order chi connectivity index (χ1) is 17.2. The van der Waals surface area contributed by atoms with Gasteiger partial charge in [0, 0.05) is 37.1 Å². The van der Waals surface area contributed by atoms with Crippen LogP contribution in [0, 0.1) is 6.92 Å². The molecule has 0 saturated carbocycles. The molecule has 1 heterocycles. The van der Waals surface area contributed by atoms with Gasteiger partial charge in [-0.15, -0.1) is 24.5 Å². The Morgan fingerprint density at radius 2 is 1.45 bits per heavy atom. The minimum atomic E-state index is -4.93. The zero-order valence-corrected chi connectivity index (χ0v) is 27.1. The van der Waals surface area contributed by atoms with Crippen LogP contribution in [0.25, 0.3) is 0 Å². The topological polar surface area (TPSA) is 57.7 Å². The summed E-state index contributed by atoms with van der Waals surface area (Å²) in [6.45, 7) is 1.31. The molecule has 2 aromatic rings. The fourth-order valence-electron chi connectivity index (χ4n) is 2.03. The molecule has 0 spiro atoms. The normalized spacial score (nSPS) is 11.3. The second-order valence-electron chi connectivity index (χ2n) is 7.16. The molecular weight excluding hydrogens is 750 g/mol. The Morgan fingerprint density at radius 3 is 1.82 bits per heavy atom. The first kappa shape index (κ1) is 35.2. The van der Waals surface area contributed by atoms with Crippen molar-refractivity contribution >= 4 is 109 Å². The highest BCUT2D eigenvalue weighted by Crippen LogP contribution is 2.39. The summed E-state index contributed by atoms with van der Waals surface area (Å²) >= 11 is 16.6. The number of benzene rings is 1. The number of carbonyl (C=O) groups excluding carboxylic acids is 1. The molecule has 0 saturated heterocycles. The Labute approximate surface area is 253 Å². The fraction of sp³-hybridized carbons (Fsp3) is 0.368. The number of rotatable bonds is 3. The van der Waals surface area contributed by atoms with Crippen LogP contribution < -0.4 is 10.1 Å². The van der Waals surface area contributed by atoms with Crippen molar-refractivity contribution in [1.29, 1.82) is 0 Å². The number of carbonyl (C=O) groups is 1. The molecule has 19 heteroatoms. The van der Waals surface area contributed by atoms with E-state index >= 15 is 0 Å². The Kier molecular flexibility index (Phi) is 13.6. The highest BCUT2D eigenvalue weighted by molar-refractivity contribution is 9.11. The average molecular weight is 769 g/mol. The summed E-state index contributed by atoms with van der Waals surface area (Å²) in [5.74, 6) is -1.69. The van der Waals surface area contributed by atoms with Gasteiger partial charge in [0.25, 0.3) is 5.91 Å². The van der Waals surface area contributed by atoms with Gasteiger partial charge in [-0.2, -0.15) is 13.2 Å². The molecule has 0 radical (unpaired) electrons. The number of thiazole rings is 1. The summed E-state index contributed by atoms with van der Waals surface area (Å²) in [7, 11) is 10.7. The molecule has 0 aliphatic carbocycles. The molecule has 0 atom stereocenters. The summed E-state index contributed by atoms with van der Waals surface area (Å²) in [6.07, 6.45) is -9.75. The van der Waals surface area contributed by atoms with Crippen LogP contribution >= 0.6 is 89.2 Å². The number of ether oxygens (including phenoxy) is 1. The maximum Gasteiger partial charge on any atom is 0.573 e. The lowest BCUT2D eigenvalue weighted by Crippen LogP contribution is -2.18. The van der Waals surface area contributed by atoms with Crippen molar-refractivity contribution in [3.8, 4) is 5.75 Å². The van der Waals surface area contributed by atoms with Crippen molar-refractivity contribution in [2.75, 3.05) is 33.5 Å². The molecule has 38 heavy (non-hydrogen) atoms. The van der Waals surface area contributed by atoms with Gasteiger partial charge in [-0.1, -0.05) is 24.4 Å². The lowest BCUT2D eigenvalue weighted by molar-refractivity contribution is -0.274. The van der Waals surface area contributed by atoms with E-state index in [-0.39, 0.29) is 19.6 Å². The standard InChI is InChI=1S/C13H6Br2F6N2O2S.C6H12N2S4/c1-4-22-10(12(16,17)18)9(26-4)11(24)23-8-6(14)2-5(3-7(8)15)25-13(19,20)21;1-7(2)5(9)11-12-6(10)8(3)4/h2-3H,1H3,(H,23,24);1-4H3. The van der Waals surface area contributed by atoms with E-state index in [9.17, 15) is 31.1 Å². The lowest BCUT2D eigenvalue weighted by atomic mass is 10.2. The second-order valence-corrected chi connectivity index (χ2v) is 13.5. The minimum absolute atomic E-state index is 0.0331. The predicted octanol–water partition coefficient (Wildman–Crippen LogP) is 8.21. The molecule has 0 unspecified atom stereocenters. The number of aryl methyl sites for hydroxylation is 1. The quantitative estimate of drug-likeness (QED) is 0.189. The van der Waals surface area contributed by atoms with Gasteiger partial charge in [0.05, 0.1) is 10.7 Å². The van der Waals surface area contributed by atoms with E-state index in [4.69, 9.17) is 24.4 Å². The van der Waals surface area contributed by atoms with E-state index in [0.717, 1.165) is 20.8 Å². The van der Waals surface area contributed by atoms with Crippen molar-refractivity contribution in [3.63, 3.8) is 0 Å². The molecular formula is C19H18Br2F6N4O2S5. The van der Waals surface area contributed by atoms with Gasteiger partial charge in [-0.3, -0.25) is 4.79 Å². The van der Waals surface area contributed by atoms with Gasteiger partial charge in [0.15, 0.2) is 5.69 Å². The smallest absolute Gasteiger partial charge is 0.406 e. The molecule has 1 aromatic carbocycles. The number of hydrogen-bond acceptors (Lipinski definition) is 8. The SMILES string of the molecule is CN(C)C(=S)SSC(=S)N(C)C.Cc1nc(C(F)(F)F)c(C(=O)Nc2c(Br)cc(OC(F)(F)F)cc2Br)s1. The zero-order chi connectivity index (χ0) is 29.6. The third-order valence-corrected chi connectivity index (χ3v) is 9.99. The summed E-state index contributed by atoms with van der Waals surface area (Å²) in [5.41, 5.74) is -1.40. The number of hydrogen-bond donors (Lipinski definition) is 1. The van der Waals surface area contributed by atoms with Crippen molar-refractivity contribution in [3.05, 3.63) is 36.7 Å².